The highest BCUT2D eigenvalue weighted by molar-refractivity contribution is 6.07. The Kier molecular flexibility index (Phi) is 3.71. The second-order valence-corrected chi connectivity index (χ2v) is 6.84. The Hall–Kier alpha value is -2.58. The largest absolute Gasteiger partial charge is 0.478 e. The van der Waals surface area contributed by atoms with E-state index in [4.69, 9.17) is 0 Å². The van der Waals surface area contributed by atoms with Crippen LogP contribution in [0.15, 0.2) is 18.2 Å². The number of aromatic carboxylic acids is 1. The summed E-state index contributed by atoms with van der Waals surface area (Å²) in [6.07, 6.45) is -3.14. The van der Waals surface area contributed by atoms with E-state index in [1.807, 2.05) is 4.57 Å². The number of benzene rings is 1. The average Bonchev–Trinajstić information content (AvgIpc) is 3.12. The molecule has 1 aliphatic rings. The molecule has 1 saturated carbocycles. The van der Waals surface area contributed by atoms with E-state index in [2.05, 4.69) is 10.3 Å². The van der Waals surface area contributed by atoms with E-state index < -0.39 is 18.1 Å². The van der Waals surface area contributed by atoms with Crippen molar-refractivity contribution < 1.29 is 23.1 Å². The first-order chi connectivity index (χ1) is 12.3. The van der Waals surface area contributed by atoms with Crippen LogP contribution in [0.4, 0.5) is 13.2 Å². The van der Waals surface area contributed by atoms with E-state index in [1.54, 1.807) is 23.9 Å². The van der Waals surface area contributed by atoms with E-state index in [0.29, 0.717) is 29.4 Å². The van der Waals surface area contributed by atoms with Crippen LogP contribution < -0.4 is 0 Å². The third-order valence-electron chi connectivity index (χ3n) is 5.31. The molecule has 0 aliphatic heterocycles. The molecule has 0 atom stereocenters. The Morgan fingerprint density at radius 1 is 1.23 bits per heavy atom. The van der Waals surface area contributed by atoms with Crippen LogP contribution in [0.1, 0.15) is 42.1 Å². The Balaban J connectivity index is 1.81. The molecule has 2 aromatic heterocycles. The molecule has 0 saturated heterocycles. The summed E-state index contributed by atoms with van der Waals surface area (Å²) >= 11 is 0. The van der Waals surface area contributed by atoms with Gasteiger partial charge in [-0.1, -0.05) is 5.21 Å². The van der Waals surface area contributed by atoms with Gasteiger partial charge in [-0.2, -0.15) is 13.2 Å². The topological polar surface area (TPSA) is 72.9 Å². The number of fused-ring (bicyclic) bond motifs is 3. The average molecular weight is 366 g/mol. The van der Waals surface area contributed by atoms with Gasteiger partial charge >= 0.3 is 12.1 Å². The number of alkyl halides is 3. The Bertz CT molecular complexity index is 997. The van der Waals surface area contributed by atoms with Gasteiger partial charge in [-0.3, -0.25) is 0 Å². The molecule has 3 aromatic rings. The molecule has 1 N–H and O–H groups in total. The number of hydrogen-bond donors (Lipinski definition) is 1. The first-order valence-corrected chi connectivity index (χ1v) is 8.40. The summed E-state index contributed by atoms with van der Waals surface area (Å²) in [6.45, 7) is 0. The Morgan fingerprint density at radius 3 is 2.54 bits per heavy atom. The van der Waals surface area contributed by atoms with Gasteiger partial charge in [-0.25, -0.2) is 9.48 Å². The fourth-order valence-corrected chi connectivity index (χ4v) is 4.01. The molecule has 0 bridgehead atoms. The van der Waals surface area contributed by atoms with Crippen molar-refractivity contribution in [3.05, 3.63) is 23.8 Å². The summed E-state index contributed by atoms with van der Waals surface area (Å²) in [5.74, 6) is -2.29. The van der Waals surface area contributed by atoms with Gasteiger partial charge in [-0.05, 0) is 43.9 Å². The monoisotopic (exact) mass is 366 g/mol. The Labute approximate surface area is 146 Å². The number of carboxylic acid groups (broad SMARTS) is 1. The van der Waals surface area contributed by atoms with Gasteiger partial charge < -0.3 is 9.67 Å². The highest BCUT2D eigenvalue weighted by Crippen LogP contribution is 2.43. The number of rotatable bonds is 2. The summed E-state index contributed by atoms with van der Waals surface area (Å²) in [5.41, 5.74) is 2.20. The molecular weight excluding hydrogens is 349 g/mol. The van der Waals surface area contributed by atoms with Crippen molar-refractivity contribution >= 4 is 28.0 Å². The molecule has 1 aliphatic carbocycles. The molecule has 0 unspecified atom stereocenters. The van der Waals surface area contributed by atoms with E-state index in [0.717, 1.165) is 5.52 Å². The highest BCUT2D eigenvalue weighted by atomic mass is 19.4. The first-order valence-electron chi connectivity index (χ1n) is 8.40. The highest BCUT2D eigenvalue weighted by Gasteiger charge is 2.42. The number of carboxylic acids is 1. The summed E-state index contributed by atoms with van der Waals surface area (Å²) in [7, 11) is 1.73. The number of hydrogen-bond acceptors (Lipinski definition) is 3. The van der Waals surface area contributed by atoms with Gasteiger partial charge in [0.15, 0.2) is 5.65 Å². The number of carbonyl (C=O) groups is 1. The summed E-state index contributed by atoms with van der Waals surface area (Å²) in [6, 6.07) is 4.67. The zero-order valence-corrected chi connectivity index (χ0v) is 14.0. The van der Waals surface area contributed by atoms with Crippen molar-refractivity contribution in [2.75, 3.05) is 0 Å². The maximum Gasteiger partial charge on any atom is 0.391 e. The minimum Gasteiger partial charge on any atom is -0.478 e. The third-order valence-corrected chi connectivity index (χ3v) is 5.31. The zero-order chi connectivity index (χ0) is 18.6. The second kappa shape index (κ2) is 5.72. The molecule has 1 aromatic carbocycles. The lowest BCUT2D eigenvalue weighted by atomic mass is 9.85. The van der Waals surface area contributed by atoms with Gasteiger partial charge in [0.05, 0.1) is 17.0 Å². The number of halogens is 3. The zero-order valence-electron chi connectivity index (χ0n) is 14.0. The van der Waals surface area contributed by atoms with E-state index in [1.165, 1.54) is 6.07 Å². The van der Waals surface area contributed by atoms with E-state index >= 15 is 0 Å². The maximum atomic E-state index is 13.0. The molecule has 0 spiro atoms. The minimum absolute atomic E-state index is 0.0911. The van der Waals surface area contributed by atoms with Crippen LogP contribution in [0.5, 0.6) is 0 Å². The lowest BCUT2D eigenvalue weighted by Gasteiger charge is -2.31. The van der Waals surface area contributed by atoms with Crippen LogP contribution in [0.3, 0.4) is 0 Å². The molecule has 2 heterocycles. The van der Waals surface area contributed by atoms with Crippen molar-refractivity contribution in [1.29, 1.82) is 0 Å². The molecule has 6 nitrogen and oxygen atoms in total. The van der Waals surface area contributed by atoms with Crippen molar-refractivity contribution in [3.63, 3.8) is 0 Å². The lowest BCUT2D eigenvalue weighted by molar-refractivity contribution is -0.183. The van der Waals surface area contributed by atoms with Crippen LogP contribution in [0, 0.1) is 5.92 Å². The van der Waals surface area contributed by atoms with Crippen LogP contribution >= 0.6 is 0 Å². The number of aromatic nitrogens is 4. The second-order valence-electron chi connectivity index (χ2n) is 6.84. The SMILES string of the molecule is Cn1nnc2c3cc(C(=O)O)ccc3n(C3CCC(C(F)(F)F)CC3)c21. The van der Waals surface area contributed by atoms with Crippen LogP contribution in [-0.2, 0) is 7.05 Å². The summed E-state index contributed by atoms with van der Waals surface area (Å²) in [5, 5.41) is 18.0. The molecule has 0 radical (unpaired) electrons. The molecule has 9 heteroatoms. The summed E-state index contributed by atoms with van der Waals surface area (Å²) in [4.78, 5) is 11.3. The fraction of sp³-hybridized carbons (Fsp3) is 0.471. The summed E-state index contributed by atoms with van der Waals surface area (Å²) < 4.78 is 42.5. The molecule has 138 valence electrons. The molecular formula is C17H17F3N4O2. The molecule has 0 amide bonds. The van der Waals surface area contributed by atoms with Crippen molar-refractivity contribution in [2.24, 2.45) is 13.0 Å². The van der Waals surface area contributed by atoms with Gasteiger partial charge in [0.1, 0.15) is 5.52 Å². The van der Waals surface area contributed by atoms with Crippen LogP contribution in [-0.4, -0.2) is 36.8 Å². The molecule has 26 heavy (non-hydrogen) atoms. The van der Waals surface area contributed by atoms with E-state index in [-0.39, 0.29) is 24.4 Å². The van der Waals surface area contributed by atoms with Crippen molar-refractivity contribution in [2.45, 2.75) is 37.9 Å². The van der Waals surface area contributed by atoms with Crippen LogP contribution in [0.2, 0.25) is 0 Å². The predicted molar refractivity (Wildman–Crippen MR) is 88.0 cm³/mol. The van der Waals surface area contributed by atoms with Gasteiger partial charge in [0, 0.05) is 18.5 Å². The Morgan fingerprint density at radius 2 is 1.92 bits per heavy atom. The quantitative estimate of drug-likeness (QED) is 0.746. The fourth-order valence-electron chi connectivity index (χ4n) is 4.01. The van der Waals surface area contributed by atoms with Crippen LogP contribution in [0.25, 0.3) is 22.1 Å². The predicted octanol–water partition coefficient (Wildman–Crippen LogP) is 3.91. The maximum absolute atomic E-state index is 13.0. The standard InChI is InChI=1S/C17H17F3N4O2/c1-23-15-14(21-22-23)12-8-9(16(25)26)2-7-13(12)24(15)11-5-3-10(4-6-11)17(18,19)20/h2,7-8,10-11H,3-6H2,1H3,(H,25,26). The van der Waals surface area contributed by atoms with Crippen molar-refractivity contribution in [1.82, 2.24) is 19.6 Å². The van der Waals surface area contributed by atoms with Crippen molar-refractivity contribution in [3.8, 4) is 0 Å². The smallest absolute Gasteiger partial charge is 0.391 e. The van der Waals surface area contributed by atoms with E-state index in [9.17, 15) is 23.1 Å². The minimum atomic E-state index is -4.15. The lowest BCUT2D eigenvalue weighted by Crippen LogP contribution is -2.28. The van der Waals surface area contributed by atoms with Gasteiger partial charge in [0.25, 0.3) is 0 Å². The number of nitrogens with zero attached hydrogens (tertiary/aromatic N) is 4. The molecule has 1 fully saturated rings. The third kappa shape index (κ3) is 2.53. The first kappa shape index (κ1) is 16.9. The molecule has 4 rings (SSSR count). The normalized spacial score (nSPS) is 21.5. The van der Waals surface area contributed by atoms with Gasteiger partial charge in [0.2, 0.25) is 0 Å². The number of aryl methyl sites for hydroxylation is 1. The van der Waals surface area contributed by atoms with Gasteiger partial charge in [-0.15, -0.1) is 5.10 Å².